The number of nitrogens with one attached hydrogen (secondary N) is 1. The lowest BCUT2D eigenvalue weighted by molar-refractivity contribution is 0.338. The van der Waals surface area contributed by atoms with E-state index in [4.69, 9.17) is 9.72 Å². The molecule has 0 radical (unpaired) electrons. The van der Waals surface area contributed by atoms with Crippen LogP contribution in [0.3, 0.4) is 0 Å². The first-order chi connectivity index (χ1) is 14.7. The Labute approximate surface area is 177 Å². The molecule has 0 aliphatic carbocycles. The van der Waals surface area contributed by atoms with E-state index in [0.717, 1.165) is 53.8 Å². The van der Waals surface area contributed by atoms with Crippen LogP contribution in [0.2, 0.25) is 0 Å². The maximum atomic E-state index is 9.49. The second-order valence-electron chi connectivity index (χ2n) is 7.81. The molecule has 156 valence electrons. The van der Waals surface area contributed by atoms with Crippen LogP contribution >= 0.6 is 0 Å². The summed E-state index contributed by atoms with van der Waals surface area (Å²) in [4.78, 5) is 6.91. The number of nitrogens with zero attached hydrogens (tertiary/aromatic N) is 5. The van der Waals surface area contributed by atoms with Crippen molar-refractivity contribution < 1.29 is 4.74 Å². The van der Waals surface area contributed by atoms with Crippen LogP contribution in [0.5, 0.6) is 5.75 Å². The molecule has 7 heteroatoms. The fraction of sp³-hybridized carbons (Fsp3) is 0.435. The number of ether oxygens (including phenoxy) is 1. The van der Waals surface area contributed by atoms with E-state index < -0.39 is 0 Å². The van der Waals surface area contributed by atoms with Crippen molar-refractivity contribution in [3.05, 3.63) is 42.4 Å². The molecule has 0 spiro atoms. The second-order valence-corrected chi connectivity index (χ2v) is 7.81. The zero-order valence-corrected chi connectivity index (χ0v) is 17.6. The van der Waals surface area contributed by atoms with Crippen LogP contribution < -0.4 is 15.0 Å². The molecule has 1 atom stereocenters. The predicted molar refractivity (Wildman–Crippen MR) is 118 cm³/mol. The van der Waals surface area contributed by atoms with Crippen molar-refractivity contribution in [1.29, 1.82) is 5.26 Å². The summed E-state index contributed by atoms with van der Waals surface area (Å²) in [7, 11) is 2.09. The molecular weight excluding hydrogens is 376 g/mol. The van der Waals surface area contributed by atoms with E-state index in [1.54, 1.807) is 16.9 Å². The molecule has 0 unspecified atom stereocenters. The number of hydrogen-bond acceptors (Lipinski definition) is 6. The maximum absolute atomic E-state index is 9.49. The zero-order chi connectivity index (χ0) is 20.9. The van der Waals surface area contributed by atoms with Gasteiger partial charge in [0, 0.05) is 30.9 Å². The molecule has 0 amide bonds. The minimum Gasteiger partial charge on any atom is -0.492 e. The molecular formula is C23H28N6O. The summed E-state index contributed by atoms with van der Waals surface area (Å²) in [6.45, 7) is 5.78. The summed E-state index contributed by atoms with van der Waals surface area (Å²) in [5, 5.41) is 17.3. The minimum atomic E-state index is 0.537. The van der Waals surface area contributed by atoms with Gasteiger partial charge in [-0.1, -0.05) is 0 Å². The van der Waals surface area contributed by atoms with Gasteiger partial charge in [-0.25, -0.2) is 9.50 Å². The molecule has 1 N–H and O–H groups in total. The number of anilines is 1. The molecule has 0 aromatic carbocycles. The van der Waals surface area contributed by atoms with Crippen molar-refractivity contribution in [2.75, 3.05) is 38.2 Å². The van der Waals surface area contributed by atoms with Crippen LogP contribution in [0.1, 0.15) is 31.7 Å². The van der Waals surface area contributed by atoms with Crippen LogP contribution in [-0.2, 0) is 0 Å². The SMILES string of the molecule is CCOc1cc(-c2ccc(N(C)CC[C@H]3CCCNC3)nc2)c2c(C#N)cnn2c1. The summed E-state index contributed by atoms with van der Waals surface area (Å²) < 4.78 is 7.40. The fourth-order valence-corrected chi connectivity index (χ4v) is 4.08. The molecule has 3 aromatic rings. The van der Waals surface area contributed by atoms with Crippen molar-refractivity contribution in [2.24, 2.45) is 5.92 Å². The molecule has 1 aliphatic rings. The van der Waals surface area contributed by atoms with Gasteiger partial charge in [0.25, 0.3) is 0 Å². The lowest BCUT2D eigenvalue weighted by Crippen LogP contribution is -2.32. The molecule has 1 aliphatic heterocycles. The first-order valence-electron chi connectivity index (χ1n) is 10.6. The lowest BCUT2D eigenvalue weighted by atomic mass is 9.96. The highest BCUT2D eigenvalue weighted by atomic mass is 16.5. The molecule has 4 heterocycles. The third kappa shape index (κ3) is 4.24. The summed E-state index contributed by atoms with van der Waals surface area (Å²) in [5.74, 6) is 2.42. The molecule has 7 nitrogen and oxygen atoms in total. The fourth-order valence-electron chi connectivity index (χ4n) is 4.08. The van der Waals surface area contributed by atoms with E-state index in [1.165, 1.54) is 19.3 Å². The summed E-state index contributed by atoms with van der Waals surface area (Å²) in [6, 6.07) is 8.29. The van der Waals surface area contributed by atoms with Gasteiger partial charge in [0.05, 0.1) is 30.1 Å². The molecule has 1 fully saturated rings. The predicted octanol–water partition coefficient (Wildman–Crippen LogP) is 3.49. The Bertz CT molecular complexity index is 1030. The lowest BCUT2D eigenvalue weighted by Gasteiger charge is -2.26. The monoisotopic (exact) mass is 404 g/mol. The molecule has 3 aromatic heterocycles. The maximum Gasteiger partial charge on any atom is 0.138 e. The van der Waals surface area contributed by atoms with Crippen molar-refractivity contribution >= 4 is 11.3 Å². The highest BCUT2D eigenvalue weighted by Gasteiger charge is 2.16. The Morgan fingerprint density at radius 3 is 2.97 bits per heavy atom. The first kappa shape index (κ1) is 20.2. The smallest absolute Gasteiger partial charge is 0.138 e. The highest BCUT2D eigenvalue weighted by molar-refractivity contribution is 5.85. The molecule has 1 saturated heterocycles. The van der Waals surface area contributed by atoms with Gasteiger partial charge in [0.1, 0.15) is 17.6 Å². The largest absolute Gasteiger partial charge is 0.492 e. The molecule has 0 saturated carbocycles. The Balaban J connectivity index is 1.56. The number of piperidine rings is 1. The van der Waals surface area contributed by atoms with E-state index in [0.29, 0.717) is 12.2 Å². The Morgan fingerprint density at radius 1 is 1.37 bits per heavy atom. The Morgan fingerprint density at radius 2 is 2.27 bits per heavy atom. The molecule has 30 heavy (non-hydrogen) atoms. The number of fused-ring (bicyclic) bond motifs is 1. The Kier molecular flexibility index (Phi) is 6.15. The van der Waals surface area contributed by atoms with Gasteiger partial charge in [0.15, 0.2) is 0 Å². The summed E-state index contributed by atoms with van der Waals surface area (Å²) >= 11 is 0. The number of aromatic nitrogens is 3. The van der Waals surface area contributed by atoms with E-state index in [1.807, 2.05) is 25.3 Å². The van der Waals surface area contributed by atoms with Crippen LogP contribution in [0.15, 0.2) is 36.8 Å². The van der Waals surface area contributed by atoms with Gasteiger partial charge < -0.3 is 15.0 Å². The van der Waals surface area contributed by atoms with Crippen molar-refractivity contribution in [1.82, 2.24) is 19.9 Å². The van der Waals surface area contributed by atoms with Gasteiger partial charge in [-0.2, -0.15) is 10.4 Å². The van der Waals surface area contributed by atoms with E-state index >= 15 is 0 Å². The molecule has 0 bridgehead atoms. The zero-order valence-electron chi connectivity index (χ0n) is 17.6. The van der Waals surface area contributed by atoms with Gasteiger partial charge in [-0.15, -0.1) is 0 Å². The second kappa shape index (κ2) is 9.14. The van der Waals surface area contributed by atoms with Gasteiger partial charge in [-0.3, -0.25) is 0 Å². The third-order valence-electron chi connectivity index (χ3n) is 5.74. The quantitative estimate of drug-likeness (QED) is 0.649. The summed E-state index contributed by atoms with van der Waals surface area (Å²) in [6.07, 6.45) is 9.02. The van der Waals surface area contributed by atoms with Crippen molar-refractivity contribution in [3.63, 3.8) is 0 Å². The molecule has 4 rings (SSSR count). The van der Waals surface area contributed by atoms with Gasteiger partial charge in [0.2, 0.25) is 0 Å². The van der Waals surface area contributed by atoms with E-state index in [9.17, 15) is 5.26 Å². The van der Waals surface area contributed by atoms with Crippen molar-refractivity contribution in [2.45, 2.75) is 26.2 Å². The van der Waals surface area contributed by atoms with E-state index in [2.05, 4.69) is 34.5 Å². The van der Waals surface area contributed by atoms with Crippen molar-refractivity contribution in [3.8, 4) is 22.9 Å². The standard InChI is InChI=1S/C23H28N6O/c1-3-30-20-11-21(23-19(12-24)15-27-29(23)16-20)18-6-7-22(26-14-18)28(2)10-8-17-5-4-9-25-13-17/h6-7,11,14-17,25H,3-5,8-10,13H2,1-2H3/t17-/m1/s1. The topological polar surface area (TPSA) is 78.5 Å². The Hall–Kier alpha value is -3.11. The number of pyridine rings is 2. The number of nitriles is 1. The van der Waals surface area contributed by atoms with Crippen LogP contribution in [-0.4, -0.2) is 47.9 Å². The summed E-state index contributed by atoms with van der Waals surface area (Å²) in [5.41, 5.74) is 3.14. The highest BCUT2D eigenvalue weighted by Crippen LogP contribution is 2.31. The average Bonchev–Trinajstić information content (AvgIpc) is 3.21. The van der Waals surface area contributed by atoms with Crippen LogP contribution in [0, 0.1) is 17.2 Å². The first-order valence-corrected chi connectivity index (χ1v) is 10.6. The normalized spacial score (nSPS) is 16.4. The van der Waals surface area contributed by atoms with Crippen LogP contribution in [0.25, 0.3) is 16.6 Å². The number of rotatable bonds is 7. The van der Waals surface area contributed by atoms with Gasteiger partial charge in [-0.05, 0) is 63.4 Å². The average molecular weight is 405 g/mol. The third-order valence-corrected chi connectivity index (χ3v) is 5.74. The minimum absolute atomic E-state index is 0.537. The van der Waals surface area contributed by atoms with Crippen LogP contribution in [0.4, 0.5) is 5.82 Å². The number of hydrogen-bond donors (Lipinski definition) is 1. The van der Waals surface area contributed by atoms with E-state index in [-0.39, 0.29) is 0 Å². The van der Waals surface area contributed by atoms with Gasteiger partial charge >= 0.3 is 0 Å².